The lowest BCUT2D eigenvalue weighted by molar-refractivity contribution is -0.213. The number of esters is 2. The van der Waals surface area contributed by atoms with Gasteiger partial charge in [-0.25, -0.2) is 0 Å². The van der Waals surface area contributed by atoms with E-state index in [1.165, 1.54) is 25.3 Å². The lowest BCUT2D eigenvalue weighted by atomic mass is 9.59. The quantitative estimate of drug-likeness (QED) is 0.534. The Bertz CT molecular complexity index is 668. The first-order valence-electron chi connectivity index (χ1n) is 10.3. The monoisotopic (exact) mass is 376 g/mol. The largest absolute Gasteiger partial charge is 0.435 e. The van der Waals surface area contributed by atoms with Crippen LogP contribution in [0.15, 0.2) is 12.2 Å². The lowest BCUT2D eigenvalue weighted by Crippen LogP contribution is -2.47. The van der Waals surface area contributed by atoms with Crippen molar-refractivity contribution >= 4 is 11.9 Å². The first kappa shape index (κ1) is 19.0. The summed E-state index contributed by atoms with van der Waals surface area (Å²) in [6, 6.07) is 0. The van der Waals surface area contributed by atoms with Crippen LogP contribution in [0.5, 0.6) is 0 Å². The van der Waals surface area contributed by atoms with Crippen molar-refractivity contribution in [2.75, 3.05) is 0 Å². The van der Waals surface area contributed by atoms with E-state index >= 15 is 0 Å². The number of allylic oxidation sites excluding steroid dienone is 1. The Morgan fingerprint density at radius 3 is 2.70 bits per heavy atom. The maximum Gasteiger partial charge on any atom is 0.308 e. The molecule has 4 fully saturated rings. The van der Waals surface area contributed by atoms with E-state index in [2.05, 4.69) is 27.4 Å². The summed E-state index contributed by atoms with van der Waals surface area (Å²) in [6.07, 6.45) is 4.65. The molecule has 2 unspecified atom stereocenters. The predicted octanol–water partition coefficient (Wildman–Crippen LogP) is 4.21. The molecule has 5 heteroatoms. The highest BCUT2D eigenvalue weighted by Crippen LogP contribution is 2.65. The van der Waals surface area contributed by atoms with Crippen molar-refractivity contribution < 1.29 is 23.8 Å². The number of rotatable bonds is 2. The second kappa shape index (κ2) is 6.33. The average molecular weight is 376 g/mol. The fourth-order valence-electron chi connectivity index (χ4n) is 6.79. The van der Waals surface area contributed by atoms with Gasteiger partial charge in [0.05, 0.1) is 6.42 Å². The minimum Gasteiger partial charge on any atom is -0.435 e. The number of fused-ring (bicyclic) bond motifs is 3. The summed E-state index contributed by atoms with van der Waals surface area (Å²) >= 11 is 0. The van der Waals surface area contributed by atoms with Gasteiger partial charge < -0.3 is 14.2 Å². The Labute approximate surface area is 161 Å². The first-order chi connectivity index (χ1) is 12.6. The molecule has 0 aromatic rings. The molecular formula is C22H32O5. The number of carbonyl (C=O) groups is 2. The third kappa shape index (κ3) is 2.93. The van der Waals surface area contributed by atoms with Crippen LogP contribution < -0.4 is 0 Å². The molecule has 150 valence electrons. The molecule has 2 aliphatic carbocycles. The molecule has 27 heavy (non-hydrogen) atoms. The van der Waals surface area contributed by atoms with Gasteiger partial charge in [0, 0.05) is 18.8 Å². The van der Waals surface area contributed by atoms with Crippen LogP contribution in [0.25, 0.3) is 0 Å². The molecule has 2 heterocycles. The molecule has 2 saturated carbocycles. The molecule has 0 N–H and O–H groups in total. The summed E-state index contributed by atoms with van der Waals surface area (Å²) in [5.41, 5.74) is 1.56. The molecule has 2 bridgehead atoms. The van der Waals surface area contributed by atoms with Crippen molar-refractivity contribution in [1.29, 1.82) is 0 Å². The molecular weight excluding hydrogens is 344 g/mol. The number of ether oxygens (including phenoxy) is 3. The summed E-state index contributed by atoms with van der Waals surface area (Å²) in [4.78, 5) is 23.6. The molecule has 4 rings (SSSR count). The zero-order valence-electron chi connectivity index (χ0n) is 17.0. The standard InChI is InChI=1S/C22H32O5/c1-12-7-6-9-21(3,4)15-8-10-22(5,17(12)15)18-14-11-16(24)26-20(18)27-19(14)25-13(2)23/h14-15,17-20H,1,6-11H2,2-5H3/t14?,15-,17-,18?,19-,20-,22-/m1/s1. The van der Waals surface area contributed by atoms with Crippen molar-refractivity contribution in [2.24, 2.45) is 34.5 Å². The summed E-state index contributed by atoms with van der Waals surface area (Å²) in [5, 5.41) is 0. The van der Waals surface area contributed by atoms with E-state index in [0.29, 0.717) is 11.8 Å². The highest BCUT2D eigenvalue weighted by atomic mass is 16.8. The normalized spacial score (nSPS) is 45.8. The van der Waals surface area contributed by atoms with E-state index in [-0.39, 0.29) is 41.0 Å². The maximum absolute atomic E-state index is 12.1. The van der Waals surface area contributed by atoms with E-state index in [1.807, 2.05) is 0 Å². The highest BCUT2D eigenvalue weighted by Gasteiger charge is 2.64. The summed E-state index contributed by atoms with van der Waals surface area (Å²) in [7, 11) is 0. The molecule has 7 atom stereocenters. The van der Waals surface area contributed by atoms with Gasteiger partial charge in [-0.05, 0) is 54.8 Å². The van der Waals surface area contributed by atoms with Crippen molar-refractivity contribution in [3.63, 3.8) is 0 Å². The van der Waals surface area contributed by atoms with Crippen LogP contribution in [-0.4, -0.2) is 24.5 Å². The van der Waals surface area contributed by atoms with Crippen molar-refractivity contribution in [2.45, 2.75) is 78.8 Å². The van der Waals surface area contributed by atoms with Gasteiger partial charge in [0.2, 0.25) is 12.6 Å². The molecule has 0 radical (unpaired) electrons. The molecule has 5 nitrogen and oxygen atoms in total. The summed E-state index contributed by atoms with van der Waals surface area (Å²) < 4.78 is 17.0. The Morgan fingerprint density at radius 2 is 2.00 bits per heavy atom. The van der Waals surface area contributed by atoms with E-state index < -0.39 is 12.6 Å². The van der Waals surface area contributed by atoms with Crippen LogP contribution >= 0.6 is 0 Å². The Hall–Kier alpha value is -1.36. The zero-order chi connectivity index (χ0) is 19.6. The third-order valence-corrected chi connectivity index (χ3v) is 7.94. The van der Waals surface area contributed by atoms with E-state index in [0.717, 1.165) is 19.3 Å². The van der Waals surface area contributed by atoms with Gasteiger partial charge in [-0.2, -0.15) is 0 Å². The number of hydrogen-bond donors (Lipinski definition) is 0. The van der Waals surface area contributed by atoms with Gasteiger partial charge in [-0.1, -0.05) is 32.9 Å². The van der Waals surface area contributed by atoms with Gasteiger partial charge >= 0.3 is 11.9 Å². The predicted molar refractivity (Wildman–Crippen MR) is 99.2 cm³/mol. The fraction of sp³-hybridized carbons (Fsp3) is 0.818. The number of carbonyl (C=O) groups excluding carboxylic acids is 2. The molecule has 2 saturated heterocycles. The van der Waals surface area contributed by atoms with Gasteiger partial charge in [0.25, 0.3) is 0 Å². The highest BCUT2D eigenvalue weighted by molar-refractivity contribution is 5.71. The van der Waals surface area contributed by atoms with Crippen LogP contribution in [0.1, 0.15) is 66.2 Å². The Morgan fingerprint density at radius 1 is 1.26 bits per heavy atom. The van der Waals surface area contributed by atoms with Gasteiger partial charge in [0.15, 0.2) is 0 Å². The van der Waals surface area contributed by atoms with Crippen LogP contribution in [-0.2, 0) is 23.8 Å². The molecule has 0 amide bonds. The van der Waals surface area contributed by atoms with Crippen molar-refractivity contribution in [3.05, 3.63) is 12.2 Å². The van der Waals surface area contributed by atoms with Gasteiger partial charge in [-0.15, -0.1) is 0 Å². The van der Waals surface area contributed by atoms with E-state index in [9.17, 15) is 9.59 Å². The molecule has 0 aromatic carbocycles. The van der Waals surface area contributed by atoms with Crippen LogP contribution in [0.4, 0.5) is 0 Å². The van der Waals surface area contributed by atoms with Crippen molar-refractivity contribution in [3.8, 4) is 0 Å². The number of hydrogen-bond acceptors (Lipinski definition) is 5. The van der Waals surface area contributed by atoms with E-state index in [1.54, 1.807) is 0 Å². The molecule has 0 spiro atoms. The molecule has 4 aliphatic rings. The van der Waals surface area contributed by atoms with Crippen LogP contribution in [0.2, 0.25) is 0 Å². The molecule has 2 aliphatic heterocycles. The lowest BCUT2D eigenvalue weighted by Gasteiger charge is -2.46. The average Bonchev–Trinajstić information content (AvgIpc) is 2.97. The topological polar surface area (TPSA) is 61.8 Å². The van der Waals surface area contributed by atoms with Crippen molar-refractivity contribution in [1.82, 2.24) is 0 Å². The minimum atomic E-state index is -0.688. The first-order valence-corrected chi connectivity index (χ1v) is 10.3. The molecule has 0 aromatic heterocycles. The zero-order valence-corrected chi connectivity index (χ0v) is 17.0. The second-order valence-electron chi connectivity index (χ2n) is 9.99. The van der Waals surface area contributed by atoms with Gasteiger partial charge in [-0.3, -0.25) is 9.59 Å². The maximum atomic E-state index is 12.1. The fourth-order valence-corrected chi connectivity index (χ4v) is 6.79. The summed E-state index contributed by atoms with van der Waals surface area (Å²) in [5.74, 6) is 0.244. The smallest absolute Gasteiger partial charge is 0.308 e. The Kier molecular flexibility index (Phi) is 4.45. The second-order valence-corrected chi connectivity index (χ2v) is 9.99. The third-order valence-electron chi connectivity index (χ3n) is 7.94. The summed E-state index contributed by atoms with van der Waals surface area (Å²) in [6.45, 7) is 13.0. The van der Waals surface area contributed by atoms with Crippen LogP contribution in [0.3, 0.4) is 0 Å². The van der Waals surface area contributed by atoms with Crippen LogP contribution in [0, 0.1) is 34.5 Å². The van der Waals surface area contributed by atoms with Gasteiger partial charge in [0.1, 0.15) is 0 Å². The van der Waals surface area contributed by atoms with E-state index in [4.69, 9.17) is 14.2 Å². The minimum absolute atomic E-state index is 0.0419. The SMILES string of the molecule is C=C1CCCC(C)(C)[C@@H]2CC[C@@](C)(C3C4CC(=O)O[C@@H]3O[C@H]4OC(C)=O)[C@H]12. The Balaban J connectivity index is 1.70.